The van der Waals surface area contributed by atoms with E-state index in [1.54, 1.807) is 30.7 Å². The van der Waals surface area contributed by atoms with E-state index >= 15 is 0 Å². The van der Waals surface area contributed by atoms with E-state index < -0.39 is 10.0 Å². The Balaban J connectivity index is 1.95. The van der Waals surface area contributed by atoms with Crippen molar-refractivity contribution in [2.24, 2.45) is 5.14 Å². The van der Waals surface area contributed by atoms with E-state index in [0.717, 1.165) is 16.1 Å². The van der Waals surface area contributed by atoms with E-state index in [-0.39, 0.29) is 9.92 Å². The Morgan fingerprint density at radius 1 is 1.29 bits per heavy atom. The Kier molecular flexibility index (Phi) is 4.50. The second-order valence-electron chi connectivity index (χ2n) is 4.84. The van der Waals surface area contributed by atoms with Crippen LogP contribution in [0.25, 0.3) is 10.4 Å². The molecule has 3 aromatic rings. The van der Waals surface area contributed by atoms with E-state index in [0.29, 0.717) is 10.9 Å². The maximum absolute atomic E-state index is 11.4. The maximum Gasteiger partial charge on any atom is 0.239 e. The van der Waals surface area contributed by atoms with Gasteiger partial charge in [0.1, 0.15) is 4.90 Å². The number of anilines is 2. The molecule has 10 heteroatoms. The van der Waals surface area contributed by atoms with Crippen molar-refractivity contribution < 1.29 is 8.42 Å². The molecule has 124 valence electrons. The minimum Gasteiger partial charge on any atom is -0.315 e. The number of hydrogen-bond acceptors (Lipinski definition) is 7. The first-order chi connectivity index (χ1) is 11.3. The lowest BCUT2D eigenvalue weighted by Gasteiger charge is -2.04. The Bertz CT molecular complexity index is 990. The van der Waals surface area contributed by atoms with Crippen LogP contribution < -0.4 is 10.5 Å². The normalized spacial score (nSPS) is 11.5. The van der Waals surface area contributed by atoms with Gasteiger partial charge < -0.3 is 5.32 Å². The van der Waals surface area contributed by atoms with Crippen molar-refractivity contribution >= 4 is 43.9 Å². The average Bonchev–Trinajstić information content (AvgIpc) is 2.87. The van der Waals surface area contributed by atoms with Crippen molar-refractivity contribution in [2.45, 2.75) is 11.8 Å². The maximum atomic E-state index is 11.4. The summed E-state index contributed by atoms with van der Waals surface area (Å²) < 4.78 is 22.9. The van der Waals surface area contributed by atoms with Gasteiger partial charge in [0.15, 0.2) is 10.9 Å². The van der Waals surface area contributed by atoms with Gasteiger partial charge in [-0.1, -0.05) is 29.0 Å². The minimum absolute atomic E-state index is 0.0752. The molecule has 2 heterocycles. The zero-order valence-corrected chi connectivity index (χ0v) is 14.8. The molecule has 7 nitrogen and oxygen atoms in total. The molecule has 2 aromatic heterocycles. The first-order valence-electron chi connectivity index (χ1n) is 6.68. The molecule has 0 saturated carbocycles. The predicted octanol–water partition coefficient (Wildman–Crippen LogP) is 2.95. The molecule has 0 unspecified atom stereocenters. The van der Waals surface area contributed by atoms with Crippen LogP contribution in [0.3, 0.4) is 0 Å². The zero-order chi connectivity index (χ0) is 17.3. The lowest BCUT2D eigenvalue weighted by molar-refractivity contribution is 0.598. The molecule has 0 spiro atoms. The third kappa shape index (κ3) is 3.54. The van der Waals surface area contributed by atoms with Gasteiger partial charge in [0.2, 0.25) is 10.0 Å². The van der Waals surface area contributed by atoms with Gasteiger partial charge >= 0.3 is 0 Å². The van der Waals surface area contributed by atoms with E-state index in [1.807, 2.05) is 6.92 Å². The topological polar surface area (TPSA) is 111 Å². The minimum atomic E-state index is -3.85. The second kappa shape index (κ2) is 6.44. The van der Waals surface area contributed by atoms with Crippen LogP contribution in [0, 0.1) is 6.92 Å². The highest BCUT2D eigenvalue weighted by molar-refractivity contribution is 7.89. The zero-order valence-electron chi connectivity index (χ0n) is 12.4. The quantitative estimate of drug-likeness (QED) is 0.718. The predicted molar refractivity (Wildman–Crippen MR) is 94.0 cm³/mol. The molecule has 0 bridgehead atoms. The molecule has 0 aliphatic carbocycles. The summed E-state index contributed by atoms with van der Waals surface area (Å²) in [6.45, 7) is 1.86. The summed E-state index contributed by atoms with van der Waals surface area (Å²) in [6, 6.07) is 4.61. The molecule has 0 fully saturated rings. The fourth-order valence-corrected chi connectivity index (χ4v) is 4.13. The third-order valence-electron chi connectivity index (χ3n) is 3.10. The van der Waals surface area contributed by atoms with Gasteiger partial charge in [0.05, 0.1) is 21.8 Å². The number of halogens is 1. The fraction of sp³-hybridized carbons (Fsp3) is 0.0714. The Labute approximate surface area is 147 Å². The van der Waals surface area contributed by atoms with Gasteiger partial charge in [0.25, 0.3) is 0 Å². The van der Waals surface area contributed by atoms with Gasteiger partial charge in [-0.05, 0) is 24.6 Å². The first-order valence-corrected chi connectivity index (χ1v) is 9.42. The number of hydrogen-bond donors (Lipinski definition) is 2. The molecule has 0 radical (unpaired) electrons. The summed E-state index contributed by atoms with van der Waals surface area (Å²) in [4.78, 5) is 13.3. The molecule has 3 rings (SSSR count). The van der Waals surface area contributed by atoms with E-state index in [2.05, 4.69) is 20.3 Å². The third-order valence-corrected chi connectivity index (χ3v) is 5.61. The number of nitrogens with two attached hydrogens (primary N) is 1. The molecule has 0 amide bonds. The first kappa shape index (κ1) is 16.8. The molecule has 0 atom stereocenters. The summed E-state index contributed by atoms with van der Waals surface area (Å²) in [5, 5.41) is 8.91. The number of rotatable bonds is 4. The van der Waals surface area contributed by atoms with Gasteiger partial charge in [-0.3, -0.25) is 4.98 Å². The van der Waals surface area contributed by atoms with Crippen molar-refractivity contribution in [1.29, 1.82) is 0 Å². The highest BCUT2D eigenvalue weighted by Crippen LogP contribution is 2.36. The highest BCUT2D eigenvalue weighted by Gasteiger charge is 2.16. The van der Waals surface area contributed by atoms with Gasteiger partial charge in [-0.2, -0.15) is 0 Å². The van der Waals surface area contributed by atoms with Crippen LogP contribution in [-0.4, -0.2) is 23.4 Å². The monoisotopic (exact) mass is 381 g/mol. The highest BCUT2D eigenvalue weighted by atomic mass is 35.5. The molecule has 1 aromatic carbocycles. The summed E-state index contributed by atoms with van der Waals surface area (Å²) in [6.07, 6.45) is 4.75. The van der Waals surface area contributed by atoms with E-state index in [1.165, 1.54) is 17.4 Å². The standard InChI is InChI=1S/C14H12ClN5O2S2/c1-8-13(9-2-3-11(10(15)6-9)24(16,21)22)23-14(19-8)20-12-7-17-4-5-18-12/h2-7H,1H3,(H2,16,21,22)(H,18,19,20). The Morgan fingerprint density at radius 2 is 2.08 bits per heavy atom. The molecular weight excluding hydrogens is 370 g/mol. The second-order valence-corrected chi connectivity index (χ2v) is 7.78. The van der Waals surface area contributed by atoms with Crippen LogP contribution in [0.4, 0.5) is 10.9 Å². The van der Waals surface area contributed by atoms with Gasteiger partial charge in [0, 0.05) is 12.4 Å². The summed E-state index contributed by atoms with van der Waals surface area (Å²) in [5.41, 5.74) is 1.54. The molecule has 3 N–H and O–H groups in total. The molecular formula is C14H12ClN5O2S2. The largest absolute Gasteiger partial charge is 0.315 e. The molecule has 0 saturated heterocycles. The van der Waals surface area contributed by atoms with Crippen molar-refractivity contribution in [3.63, 3.8) is 0 Å². The van der Waals surface area contributed by atoms with Crippen LogP contribution in [0.5, 0.6) is 0 Å². The number of aromatic nitrogens is 3. The van der Waals surface area contributed by atoms with E-state index in [9.17, 15) is 8.42 Å². The average molecular weight is 382 g/mol. The molecule has 24 heavy (non-hydrogen) atoms. The van der Waals surface area contributed by atoms with Crippen molar-refractivity contribution in [3.05, 3.63) is 47.5 Å². The number of thiazole rings is 1. The Hall–Kier alpha value is -2.07. The molecule has 0 aliphatic heterocycles. The van der Waals surface area contributed by atoms with Gasteiger partial charge in [-0.25, -0.2) is 23.5 Å². The van der Waals surface area contributed by atoms with Crippen molar-refractivity contribution in [3.8, 4) is 10.4 Å². The summed E-state index contributed by atoms with van der Waals surface area (Å²) in [7, 11) is -3.85. The number of aryl methyl sites for hydroxylation is 1. The van der Waals surface area contributed by atoms with Crippen LogP contribution in [0.2, 0.25) is 5.02 Å². The Morgan fingerprint density at radius 3 is 2.71 bits per heavy atom. The fourth-order valence-electron chi connectivity index (χ4n) is 2.06. The van der Waals surface area contributed by atoms with Crippen LogP contribution >= 0.6 is 22.9 Å². The van der Waals surface area contributed by atoms with Crippen LogP contribution in [0.1, 0.15) is 5.69 Å². The number of sulfonamides is 1. The number of nitrogens with one attached hydrogen (secondary N) is 1. The van der Waals surface area contributed by atoms with E-state index in [4.69, 9.17) is 16.7 Å². The van der Waals surface area contributed by atoms with Crippen molar-refractivity contribution in [1.82, 2.24) is 15.0 Å². The number of benzene rings is 1. The van der Waals surface area contributed by atoms with Crippen LogP contribution in [-0.2, 0) is 10.0 Å². The number of nitrogens with zero attached hydrogens (tertiary/aromatic N) is 3. The summed E-state index contributed by atoms with van der Waals surface area (Å²) in [5.74, 6) is 0.584. The van der Waals surface area contributed by atoms with Crippen LogP contribution in [0.15, 0.2) is 41.7 Å². The van der Waals surface area contributed by atoms with Crippen molar-refractivity contribution in [2.75, 3.05) is 5.32 Å². The SMILES string of the molecule is Cc1nc(Nc2cnccn2)sc1-c1ccc(S(N)(=O)=O)c(Cl)c1. The molecule has 0 aliphatic rings. The van der Waals surface area contributed by atoms with Gasteiger partial charge in [-0.15, -0.1) is 0 Å². The lowest BCUT2D eigenvalue weighted by Crippen LogP contribution is -2.12. The smallest absolute Gasteiger partial charge is 0.239 e. The number of primary sulfonamides is 1. The lowest BCUT2D eigenvalue weighted by atomic mass is 10.2. The summed E-state index contributed by atoms with van der Waals surface area (Å²) >= 11 is 7.44.